The fourth-order valence-electron chi connectivity index (χ4n) is 1.03. The molecule has 10 heavy (non-hydrogen) atoms. The highest BCUT2D eigenvalue weighted by molar-refractivity contribution is 7.17. The molecular weight excluding hydrogens is 143 g/mol. The second-order valence-corrected chi connectivity index (χ2v) is 3.09. The van der Waals surface area contributed by atoms with Crippen molar-refractivity contribution < 1.29 is 4.74 Å². The zero-order valence-corrected chi connectivity index (χ0v) is 6.68. The molecule has 0 spiro atoms. The van der Waals surface area contributed by atoms with Gasteiger partial charge in [-0.1, -0.05) is 30.3 Å². The van der Waals surface area contributed by atoms with E-state index in [1.807, 2.05) is 18.2 Å². The lowest BCUT2D eigenvalue weighted by Crippen LogP contribution is -1.78. The Morgan fingerprint density at radius 1 is 1.20 bits per heavy atom. The van der Waals surface area contributed by atoms with Crippen LogP contribution in [0.1, 0.15) is 11.7 Å². The Bertz CT molecular complexity index is 222. The van der Waals surface area contributed by atoms with Gasteiger partial charge in [0.15, 0.2) is 0 Å². The SMILES string of the molecule is PC1OC1c1ccccc1. The zero-order chi connectivity index (χ0) is 6.97. The fourth-order valence-corrected chi connectivity index (χ4v) is 1.43. The minimum atomic E-state index is 0.339. The summed E-state index contributed by atoms with van der Waals surface area (Å²) >= 11 is 0. The molecule has 1 aliphatic heterocycles. The smallest absolute Gasteiger partial charge is 0.113 e. The van der Waals surface area contributed by atoms with Gasteiger partial charge in [0.1, 0.15) is 11.9 Å². The first kappa shape index (κ1) is 6.33. The molecule has 0 aliphatic carbocycles. The van der Waals surface area contributed by atoms with Gasteiger partial charge in [0.05, 0.1) is 0 Å². The molecule has 0 aromatic heterocycles. The van der Waals surface area contributed by atoms with E-state index in [9.17, 15) is 0 Å². The van der Waals surface area contributed by atoms with Gasteiger partial charge in [-0.25, -0.2) is 0 Å². The lowest BCUT2D eigenvalue weighted by molar-refractivity contribution is 0.406. The molecule has 0 radical (unpaired) electrons. The average molecular weight is 152 g/mol. The lowest BCUT2D eigenvalue weighted by Gasteiger charge is -1.90. The van der Waals surface area contributed by atoms with Crippen molar-refractivity contribution in [3.05, 3.63) is 35.9 Å². The highest BCUT2D eigenvalue weighted by Crippen LogP contribution is 2.42. The van der Waals surface area contributed by atoms with Gasteiger partial charge in [-0.2, -0.15) is 0 Å². The van der Waals surface area contributed by atoms with E-state index in [1.165, 1.54) is 5.56 Å². The van der Waals surface area contributed by atoms with Gasteiger partial charge < -0.3 is 4.74 Å². The summed E-state index contributed by atoms with van der Waals surface area (Å²) in [6.07, 6.45) is 0.339. The molecule has 1 aromatic carbocycles. The van der Waals surface area contributed by atoms with Gasteiger partial charge >= 0.3 is 0 Å². The molecule has 2 heteroatoms. The van der Waals surface area contributed by atoms with Crippen LogP contribution in [0.2, 0.25) is 0 Å². The molecule has 2 rings (SSSR count). The van der Waals surface area contributed by atoms with E-state index in [4.69, 9.17) is 4.74 Å². The number of hydrogen-bond acceptors (Lipinski definition) is 1. The van der Waals surface area contributed by atoms with Crippen molar-refractivity contribution in [2.45, 2.75) is 11.9 Å². The molecule has 1 saturated heterocycles. The van der Waals surface area contributed by atoms with Crippen molar-refractivity contribution in [2.24, 2.45) is 0 Å². The fraction of sp³-hybridized carbons (Fsp3) is 0.250. The van der Waals surface area contributed by atoms with Crippen molar-refractivity contribution in [3.63, 3.8) is 0 Å². The first-order valence-electron chi connectivity index (χ1n) is 3.34. The number of rotatable bonds is 1. The predicted octanol–water partition coefficient (Wildman–Crippen LogP) is 1.96. The number of hydrogen-bond donors (Lipinski definition) is 0. The van der Waals surface area contributed by atoms with E-state index in [1.54, 1.807) is 0 Å². The number of ether oxygens (including phenoxy) is 1. The van der Waals surface area contributed by atoms with Crippen LogP contribution in [-0.2, 0) is 4.74 Å². The molecule has 3 atom stereocenters. The molecular formula is C8H9OP. The number of epoxide rings is 1. The van der Waals surface area contributed by atoms with Gasteiger partial charge in [0.25, 0.3) is 0 Å². The molecule has 0 N–H and O–H groups in total. The van der Waals surface area contributed by atoms with Crippen molar-refractivity contribution in [1.29, 1.82) is 0 Å². The van der Waals surface area contributed by atoms with E-state index in [0.717, 1.165) is 0 Å². The van der Waals surface area contributed by atoms with Crippen LogP contribution in [0, 0.1) is 0 Å². The van der Waals surface area contributed by atoms with Crippen molar-refractivity contribution in [3.8, 4) is 0 Å². The Labute approximate surface area is 62.6 Å². The first-order valence-corrected chi connectivity index (χ1v) is 4.00. The maximum absolute atomic E-state index is 5.27. The molecule has 0 bridgehead atoms. The van der Waals surface area contributed by atoms with Crippen molar-refractivity contribution in [1.82, 2.24) is 0 Å². The summed E-state index contributed by atoms with van der Waals surface area (Å²) in [5, 5.41) is 0. The van der Waals surface area contributed by atoms with E-state index in [2.05, 4.69) is 21.4 Å². The maximum Gasteiger partial charge on any atom is 0.113 e. The van der Waals surface area contributed by atoms with Crippen LogP contribution in [0.3, 0.4) is 0 Å². The molecule has 52 valence electrons. The normalized spacial score (nSPS) is 30.1. The van der Waals surface area contributed by atoms with Crippen molar-refractivity contribution >= 4 is 9.24 Å². The summed E-state index contributed by atoms with van der Waals surface area (Å²) in [5.41, 5.74) is 1.28. The highest BCUT2D eigenvalue weighted by Gasteiger charge is 2.35. The standard InChI is InChI=1S/C8H9OP/c10-8-7(9-8)6-4-2-1-3-5-6/h1-5,7-8H,10H2. The van der Waals surface area contributed by atoms with Crippen LogP contribution in [0.5, 0.6) is 0 Å². The predicted molar refractivity (Wildman–Crippen MR) is 43.8 cm³/mol. The monoisotopic (exact) mass is 152 g/mol. The van der Waals surface area contributed by atoms with E-state index < -0.39 is 0 Å². The molecule has 3 unspecified atom stereocenters. The third-order valence-corrected chi connectivity index (χ3v) is 2.16. The Morgan fingerprint density at radius 2 is 1.80 bits per heavy atom. The minimum Gasteiger partial charge on any atom is -0.360 e. The average Bonchev–Trinajstić information content (AvgIpc) is 2.69. The van der Waals surface area contributed by atoms with Crippen LogP contribution < -0.4 is 0 Å². The summed E-state index contributed by atoms with van der Waals surface area (Å²) in [6, 6.07) is 10.3. The molecule has 1 heterocycles. The third kappa shape index (κ3) is 1.07. The van der Waals surface area contributed by atoms with Gasteiger partial charge in [0.2, 0.25) is 0 Å². The Balaban J connectivity index is 2.20. The second-order valence-electron chi connectivity index (χ2n) is 2.43. The van der Waals surface area contributed by atoms with Crippen molar-refractivity contribution in [2.75, 3.05) is 0 Å². The topological polar surface area (TPSA) is 12.5 Å². The quantitative estimate of drug-likeness (QED) is 0.442. The molecule has 1 aliphatic rings. The van der Waals surface area contributed by atoms with Crippen LogP contribution in [0.4, 0.5) is 0 Å². The summed E-state index contributed by atoms with van der Waals surface area (Å²) in [5.74, 6) is 0.349. The zero-order valence-electron chi connectivity index (χ0n) is 5.53. The molecule has 1 nitrogen and oxygen atoms in total. The van der Waals surface area contributed by atoms with Crippen LogP contribution in [-0.4, -0.2) is 5.85 Å². The molecule has 1 fully saturated rings. The summed E-state index contributed by atoms with van der Waals surface area (Å²) in [6.45, 7) is 0. The van der Waals surface area contributed by atoms with Gasteiger partial charge in [-0.15, -0.1) is 9.24 Å². The summed E-state index contributed by atoms with van der Waals surface area (Å²) < 4.78 is 5.27. The van der Waals surface area contributed by atoms with Crippen LogP contribution >= 0.6 is 9.24 Å². The summed E-state index contributed by atoms with van der Waals surface area (Å²) in [7, 11) is 2.66. The third-order valence-electron chi connectivity index (χ3n) is 1.65. The molecule has 0 amide bonds. The second kappa shape index (κ2) is 2.34. The Hall–Kier alpha value is -0.390. The van der Waals surface area contributed by atoms with E-state index >= 15 is 0 Å². The van der Waals surface area contributed by atoms with Crippen LogP contribution in [0.15, 0.2) is 30.3 Å². The lowest BCUT2D eigenvalue weighted by atomic mass is 10.2. The number of benzene rings is 1. The largest absolute Gasteiger partial charge is 0.360 e. The highest BCUT2D eigenvalue weighted by atomic mass is 31.0. The van der Waals surface area contributed by atoms with Crippen LogP contribution in [0.25, 0.3) is 0 Å². The Kier molecular flexibility index (Phi) is 1.48. The molecule has 0 saturated carbocycles. The summed E-state index contributed by atoms with van der Waals surface area (Å²) in [4.78, 5) is 0. The van der Waals surface area contributed by atoms with Gasteiger partial charge in [-0.05, 0) is 5.56 Å². The molecule has 1 aromatic rings. The van der Waals surface area contributed by atoms with E-state index in [0.29, 0.717) is 11.9 Å². The minimum absolute atomic E-state index is 0.339. The Morgan fingerprint density at radius 3 is 2.30 bits per heavy atom. The van der Waals surface area contributed by atoms with Gasteiger partial charge in [-0.3, -0.25) is 0 Å². The maximum atomic E-state index is 5.27. The van der Waals surface area contributed by atoms with Gasteiger partial charge in [0, 0.05) is 0 Å². The van der Waals surface area contributed by atoms with E-state index in [-0.39, 0.29) is 0 Å². The first-order chi connectivity index (χ1) is 4.88.